The van der Waals surface area contributed by atoms with Crippen LogP contribution in [0.15, 0.2) is 82.6 Å². The van der Waals surface area contributed by atoms with Crippen LogP contribution in [-0.4, -0.2) is 33.7 Å². The van der Waals surface area contributed by atoms with Gasteiger partial charge in [0.1, 0.15) is 11.8 Å². The Kier molecular flexibility index (Phi) is 6.56. The molecule has 37 heavy (non-hydrogen) atoms. The molecule has 0 radical (unpaired) electrons. The average Bonchev–Trinajstić information content (AvgIpc) is 3.60. The first-order chi connectivity index (χ1) is 17.8. The predicted octanol–water partition coefficient (Wildman–Crippen LogP) is 6.20. The highest BCUT2D eigenvalue weighted by Gasteiger charge is 2.58. The lowest BCUT2D eigenvalue weighted by atomic mass is 9.79. The van der Waals surface area contributed by atoms with E-state index in [9.17, 15) is 19.5 Å². The molecule has 1 aliphatic rings. The summed E-state index contributed by atoms with van der Waals surface area (Å²) in [6.07, 6.45) is 0. The van der Waals surface area contributed by atoms with Gasteiger partial charge in [-0.2, -0.15) is 0 Å². The molecular weight excluding hydrogens is 486 g/mol. The van der Waals surface area contributed by atoms with Gasteiger partial charge in [-0.25, -0.2) is 4.79 Å². The van der Waals surface area contributed by atoms with Crippen LogP contribution < -0.4 is 0 Å². The van der Waals surface area contributed by atoms with Gasteiger partial charge in [-0.3, -0.25) is 9.59 Å². The standard InChI is InChI=1S/C30H27NO5S/c1-17-9-12-20(13-10-17)25-23(27(32)22-14-11-19(3)36-22)24(28-18(2)15-16-37-28)26(30(34)35)31(25)29(33)21-7-5-4-6-8-21/h4-16,23-26H,1-3H3,(H,34,35). The molecule has 4 atom stereocenters. The maximum Gasteiger partial charge on any atom is 0.327 e. The van der Waals surface area contributed by atoms with Crippen LogP contribution in [0.25, 0.3) is 0 Å². The Bertz CT molecular complexity index is 1450. The second-order valence-electron chi connectivity index (χ2n) is 9.51. The molecule has 0 bridgehead atoms. The van der Waals surface area contributed by atoms with Gasteiger partial charge < -0.3 is 14.4 Å². The van der Waals surface area contributed by atoms with Crippen LogP contribution in [0.2, 0.25) is 0 Å². The quantitative estimate of drug-likeness (QED) is 0.310. The number of hydrogen-bond acceptors (Lipinski definition) is 5. The van der Waals surface area contributed by atoms with E-state index in [-0.39, 0.29) is 11.5 Å². The third kappa shape index (κ3) is 4.40. The number of benzene rings is 2. The molecule has 6 nitrogen and oxygen atoms in total. The van der Waals surface area contributed by atoms with Crippen molar-refractivity contribution in [3.05, 3.63) is 117 Å². The summed E-state index contributed by atoms with van der Waals surface area (Å²) in [5, 5.41) is 12.5. The second-order valence-corrected chi connectivity index (χ2v) is 10.5. The van der Waals surface area contributed by atoms with Gasteiger partial charge in [0.2, 0.25) is 5.78 Å². The Morgan fingerprint density at radius 2 is 1.59 bits per heavy atom. The number of aryl methyl sites for hydroxylation is 3. The Labute approximate surface area is 219 Å². The highest BCUT2D eigenvalue weighted by Crippen LogP contribution is 2.53. The first kappa shape index (κ1) is 24.7. The molecule has 1 N–H and O–H groups in total. The number of nitrogens with zero attached hydrogens (tertiary/aromatic N) is 1. The zero-order valence-corrected chi connectivity index (χ0v) is 21.6. The number of aliphatic carboxylic acids is 1. The molecule has 1 amide bonds. The molecular formula is C30H27NO5S. The fourth-order valence-electron chi connectivity index (χ4n) is 5.37. The molecule has 0 aliphatic carbocycles. The van der Waals surface area contributed by atoms with Crippen LogP contribution in [0.4, 0.5) is 0 Å². The van der Waals surface area contributed by atoms with Crippen LogP contribution in [0.3, 0.4) is 0 Å². The number of carboxylic acids is 1. The van der Waals surface area contributed by atoms with Crippen LogP contribution in [-0.2, 0) is 4.79 Å². The number of furan rings is 1. The van der Waals surface area contributed by atoms with Crippen molar-refractivity contribution in [3.8, 4) is 0 Å². The van der Waals surface area contributed by atoms with E-state index >= 15 is 0 Å². The van der Waals surface area contributed by atoms with Crippen LogP contribution in [0.5, 0.6) is 0 Å². The molecule has 1 aliphatic heterocycles. The normalized spacial score (nSPS) is 21.2. The first-order valence-electron chi connectivity index (χ1n) is 12.1. The number of hydrogen-bond donors (Lipinski definition) is 1. The van der Waals surface area contributed by atoms with Crippen LogP contribution in [0.1, 0.15) is 60.2 Å². The fraction of sp³-hybridized carbons (Fsp3) is 0.233. The van der Waals surface area contributed by atoms with Crippen LogP contribution >= 0.6 is 11.3 Å². The zero-order valence-electron chi connectivity index (χ0n) is 20.8. The zero-order chi connectivity index (χ0) is 26.3. The van der Waals surface area contributed by atoms with E-state index in [4.69, 9.17) is 4.42 Å². The Morgan fingerprint density at radius 1 is 0.892 bits per heavy atom. The summed E-state index contributed by atoms with van der Waals surface area (Å²) in [6, 6.07) is 19.4. The molecule has 4 unspecified atom stereocenters. The van der Waals surface area contributed by atoms with Gasteiger partial charge in [-0.1, -0.05) is 48.0 Å². The van der Waals surface area contributed by atoms with Crippen molar-refractivity contribution in [3.63, 3.8) is 0 Å². The summed E-state index contributed by atoms with van der Waals surface area (Å²) in [6.45, 7) is 5.62. The third-order valence-corrected chi connectivity index (χ3v) is 8.20. The summed E-state index contributed by atoms with van der Waals surface area (Å²) >= 11 is 1.41. The van der Waals surface area contributed by atoms with Gasteiger partial charge in [0.05, 0.1) is 12.0 Å². The second kappa shape index (κ2) is 9.82. The summed E-state index contributed by atoms with van der Waals surface area (Å²) in [4.78, 5) is 43.4. The molecule has 3 heterocycles. The highest BCUT2D eigenvalue weighted by molar-refractivity contribution is 7.10. The molecule has 0 spiro atoms. The molecule has 2 aromatic heterocycles. The van der Waals surface area contributed by atoms with E-state index in [1.54, 1.807) is 49.4 Å². The van der Waals surface area contributed by atoms with Gasteiger partial charge in [0.25, 0.3) is 5.91 Å². The number of likely N-dealkylation sites (tertiary alicyclic amines) is 1. The van der Waals surface area contributed by atoms with Crippen LogP contribution in [0, 0.1) is 26.7 Å². The largest absolute Gasteiger partial charge is 0.480 e. The van der Waals surface area contributed by atoms with Gasteiger partial charge in [-0.05, 0) is 67.6 Å². The maximum absolute atomic E-state index is 14.2. The molecule has 1 saturated heterocycles. The summed E-state index contributed by atoms with van der Waals surface area (Å²) in [7, 11) is 0. The van der Waals surface area contributed by atoms with Gasteiger partial charge in [0.15, 0.2) is 5.76 Å². The van der Waals surface area contributed by atoms with Gasteiger partial charge >= 0.3 is 5.97 Å². The van der Waals surface area contributed by atoms with Crippen molar-refractivity contribution in [1.29, 1.82) is 0 Å². The Balaban J connectivity index is 1.77. The van der Waals surface area contributed by atoms with Gasteiger partial charge in [-0.15, -0.1) is 11.3 Å². The number of carboxylic acid groups (broad SMARTS) is 1. The summed E-state index contributed by atoms with van der Waals surface area (Å²) < 4.78 is 5.74. The minimum atomic E-state index is -1.25. The molecule has 4 aromatic rings. The van der Waals surface area contributed by atoms with Crippen molar-refractivity contribution in [2.24, 2.45) is 5.92 Å². The topological polar surface area (TPSA) is 87.8 Å². The summed E-state index contributed by atoms with van der Waals surface area (Å²) in [5.41, 5.74) is 2.99. The van der Waals surface area contributed by atoms with Crippen molar-refractivity contribution in [2.75, 3.05) is 0 Å². The molecule has 7 heteroatoms. The van der Waals surface area contributed by atoms with E-state index in [0.29, 0.717) is 16.9 Å². The number of ketones is 1. The van der Waals surface area contributed by atoms with E-state index in [0.717, 1.165) is 16.0 Å². The monoisotopic (exact) mass is 513 g/mol. The minimum absolute atomic E-state index is 0.164. The maximum atomic E-state index is 14.2. The molecule has 1 fully saturated rings. The van der Waals surface area contributed by atoms with E-state index in [2.05, 4.69) is 0 Å². The summed E-state index contributed by atoms with van der Waals surface area (Å²) in [5.74, 6) is -2.75. The molecule has 2 aromatic carbocycles. The highest BCUT2D eigenvalue weighted by atomic mass is 32.1. The molecule has 188 valence electrons. The van der Waals surface area contributed by atoms with E-state index in [1.807, 2.05) is 49.6 Å². The fourth-order valence-corrected chi connectivity index (χ4v) is 6.47. The molecule has 5 rings (SSSR count). The van der Waals surface area contributed by atoms with Crippen molar-refractivity contribution < 1.29 is 23.9 Å². The SMILES string of the molecule is Cc1ccc(C2C(C(=O)c3ccc(C)o3)C(c3sccc3C)C(C(=O)O)N2C(=O)c2ccccc2)cc1. The number of rotatable bonds is 6. The number of Topliss-reactive ketones (excluding diaryl/α,β-unsaturated/α-hetero) is 1. The van der Waals surface area contributed by atoms with Crippen molar-refractivity contribution in [1.82, 2.24) is 4.90 Å². The lowest BCUT2D eigenvalue weighted by molar-refractivity contribution is -0.142. The average molecular weight is 514 g/mol. The first-order valence-corrected chi connectivity index (χ1v) is 13.0. The number of carbonyl (C=O) groups is 3. The Morgan fingerprint density at radius 3 is 2.16 bits per heavy atom. The third-order valence-electron chi connectivity index (χ3n) is 7.08. The number of thiophene rings is 1. The van der Waals surface area contributed by atoms with Crippen molar-refractivity contribution in [2.45, 2.75) is 38.8 Å². The number of carbonyl (C=O) groups excluding carboxylic acids is 2. The minimum Gasteiger partial charge on any atom is -0.480 e. The Hall–Kier alpha value is -3.97. The smallest absolute Gasteiger partial charge is 0.327 e. The lowest BCUT2D eigenvalue weighted by Crippen LogP contribution is -2.43. The van der Waals surface area contributed by atoms with Crippen molar-refractivity contribution >= 4 is 29.0 Å². The molecule has 0 saturated carbocycles. The lowest BCUT2D eigenvalue weighted by Gasteiger charge is -2.30. The van der Waals surface area contributed by atoms with Gasteiger partial charge in [0, 0.05) is 16.4 Å². The predicted molar refractivity (Wildman–Crippen MR) is 141 cm³/mol. The van der Waals surface area contributed by atoms with E-state index < -0.39 is 35.8 Å². The van der Waals surface area contributed by atoms with E-state index in [1.165, 1.54) is 16.2 Å². The number of amides is 1.